The van der Waals surface area contributed by atoms with Gasteiger partial charge in [0, 0.05) is 6.54 Å². The van der Waals surface area contributed by atoms with Crippen LogP contribution in [0, 0.1) is 5.92 Å². The molecule has 2 aliphatic heterocycles. The third-order valence-electron chi connectivity index (χ3n) is 4.65. The summed E-state index contributed by atoms with van der Waals surface area (Å²) in [6.45, 7) is 7.54. The Kier molecular flexibility index (Phi) is 5.22. The lowest BCUT2D eigenvalue weighted by Crippen LogP contribution is -2.39. The number of amides is 1. The van der Waals surface area contributed by atoms with E-state index in [1.807, 2.05) is 6.92 Å². The number of nitrogens with one attached hydrogen (secondary N) is 1. The van der Waals surface area contributed by atoms with Crippen LogP contribution < -0.4 is 5.32 Å². The predicted octanol–water partition coefficient (Wildman–Crippen LogP) is 1.66. The van der Waals surface area contributed by atoms with Crippen molar-refractivity contribution in [3.63, 3.8) is 0 Å². The topological polar surface area (TPSA) is 35.6 Å². The molecule has 0 aromatic carbocycles. The summed E-state index contributed by atoms with van der Waals surface area (Å²) < 4.78 is 0. The van der Waals surface area contributed by atoms with E-state index in [1.165, 1.54) is 32.4 Å². The second-order valence-corrected chi connectivity index (χ2v) is 6.26. The fourth-order valence-corrected chi connectivity index (χ4v) is 3.30. The molecule has 0 saturated carbocycles. The van der Waals surface area contributed by atoms with E-state index in [0.717, 1.165) is 25.3 Å². The van der Waals surface area contributed by atoms with Crippen LogP contribution in [0.4, 0.5) is 0 Å². The van der Waals surface area contributed by atoms with Crippen molar-refractivity contribution in [3.05, 3.63) is 0 Å². The summed E-state index contributed by atoms with van der Waals surface area (Å²) in [5.74, 6) is 1.11. The molecule has 110 valence electrons. The Hall–Kier alpha value is -0.610. The monoisotopic (exact) mass is 267 g/mol. The zero-order valence-corrected chi connectivity index (χ0v) is 12.7. The molecule has 1 amide bonds. The van der Waals surface area contributed by atoms with Gasteiger partial charge in [-0.3, -0.25) is 10.1 Å². The van der Waals surface area contributed by atoms with Crippen LogP contribution in [-0.4, -0.2) is 54.6 Å². The third kappa shape index (κ3) is 3.69. The highest BCUT2D eigenvalue weighted by Crippen LogP contribution is 2.22. The number of hydrogen-bond acceptors (Lipinski definition) is 3. The number of carbonyl (C=O) groups is 1. The molecule has 2 fully saturated rings. The Morgan fingerprint density at radius 1 is 1.26 bits per heavy atom. The van der Waals surface area contributed by atoms with Gasteiger partial charge < -0.3 is 9.80 Å². The zero-order valence-electron chi connectivity index (χ0n) is 12.7. The number of rotatable bonds is 5. The summed E-state index contributed by atoms with van der Waals surface area (Å²) in [5, 5.41) is 3.42. The molecule has 0 spiro atoms. The van der Waals surface area contributed by atoms with E-state index < -0.39 is 0 Å². The predicted molar refractivity (Wildman–Crippen MR) is 77.8 cm³/mol. The first-order valence-corrected chi connectivity index (χ1v) is 7.87. The van der Waals surface area contributed by atoms with Crippen LogP contribution in [0.15, 0.2) is 0 Å². The first kappa shape index (κ1) is 14.8. The van der Waals surface area contributed by atoms with Crippen molar-refractivity contribution in [2.45, 2.75) is 58.2 Å². The Labute approximate surface area is 117 Å². The second-order valence-electron chi connectivity index (χ2n) is 6.26. The molecule has 2 saturated heterocycles. The quantitative estimate of drug-likeness (QED) is 0.823. The Morgan fingerprint density at radius 2 is 1.95 bits per heavy atom. The zero-order chi connectivity index (χ0) is 13.8. The minimum atomic E-state index is 0.00837. The van der Waals surface area contributed by atoms with E-state index >= 15 is 0 Å². The first-order chi connectivity index (χ1) is 9.11. The standard InChI is InChI=1S/C15H29N3O/c1-4-5-14-16-12(2)15(19)18(14)11-8-13-6-9-17(3)10-7-13/h12-14,16H,4-11H2,1-3H3. The summed E-state index contributed by atoms with van der Waals surface area (Å²) in [4.78, 5) is 16.7. The molecule has 2 aliphatic rings. The van der Waals surface area contributed by atoms with E-state index in [2.05, 4.69) is 29.1 Å². The maximum atomic E-state index is 12.2. The number of hydrogen-bond donors (Lipinski definition) is 1. The van der Waals surface area contributed by atoms with Gasteiger partial charge in [0.2, 0.25) is 5.91 Å². The van der Waals surface area contributed by atoms with Crippen LogP contribution >= 0.6 is 0 Å². The summed E-state index contributed by atoms with van der Waals surface area (Å²) in [6.07, 6.45) is 6.23. The molecular formula is C15H29N3O. The van der Waals surface area contributed by atoms with Gasteiger partial charge in [-0.05, 0) is 58.7 Å². The average Bonchev–Trinajstić information content (AvgIpc) is 2.65. The van der Waals surface area contributed by atoms with Gasteiger partial charge in [-0.1, -0.05) is 13.3 Å². The van der Waals surface area contributed by atoms with Gasteiger partial charge in [-0.2, -0.15) is 0 Å². The smallest absolute Gasteiger partial charge is 0.240 e. The summed E-state index contributed by atoms with van der Waals surface area (Å²) in [7, 11) is 2.20. The summed E-state index contributed by atoms with van der Waals surface area (Å²) in [6, 6.07) is 0.00837. The highest BCUT2D eigenvalue weighted by molar-refractivity contribution is 5.83. The van der Waals surface area contributed by atoms with Crippen LogP contribution in [0.1, 0.15) is 46.0 Å². The molecule has 1 N–H and O–H groups in total. The Morgan fingerprint density at radius 3 is 2.58 bits per heavy atom. The van der Waals surface area contributed by atoms with Crippen molar-refractivity contribution < 1.29 is 4.79 Å². The van der Waals surface area contributed by atoms with E-state index in [0.29, 0.717) is 5.91 Å². The van der Waals surface area contributed by atoms with Crippen molar-refractivity contribution in [3.8, 4) is 0 Å². The van der Waals surface area contributed by atoms with Crippen molar-refractivity contribution in [2.24, 2.45) is 5.92 Å². The molecule has 4 heteroatoms. The maximum absolute atomic E-state index is 12.2. The van der Waals surface area contributed by atoms with Gasteiger partial charge in [0.05, 0.1) is 12.2 Å². The van der Waals surface area contributed by atoms with Crippen molar-refractivity contribution in [2.75, 3.05) is 26.7 Å². The first-order valence-electron chi connectivity index (χ1n) is 7.87. The Balaban J connectivity index is 1.81. The van der Waals surface area contributed by atoms with E-state index in [-0.39, 0.29) is 12.2 Å². The van der Waals surface area contributed by atoms with Crippen molar-refractivity contribution in [1.82, 2.24) is 15.1 Å². The number of likely N-dealkylation sites (tertiary alicyclic amines) is 1. The maximum Gasteiger partial charge on any atom is 0.240 e. The molecule has 2 rings (SSSR count). The number of piperidine rings is 1. The van der Waals surface area contributed by atoms with Crippen LogP contribution in [-0.2, 0) is 4.79 Å². The highest BCUT2D eigenvalue weighted by atomic mass is 16.2. The molecule has 0 bridgehead atoms. The summed E-state index contributed by atoms with van der Waals surface area (Å²) >= 11 is 0. The normalized spacial score (nSPS) is 30.3. The van der Waals surface area contributed by atoms with E-state index in [9.17, 15) is 4.79 Å². The molecule has 2 heterocycles. The second kappa shape index (κ2) is 6.71. The highest BCUT2D eigenvalue weighted by Gasteiger charge is 2.35. The molecule has 4 nitrogen and oxygen atoms in total. The third-order valence-corrected chi connectivity index (χ3v) is 4.65. The lowest BCUT2D eigenvalue weighted by Gasteiger charge is -2.31. The van der Waals surface area contributed by atoms with Gasteiger partial charge in [0.1, 0.15) is 0 Å². The molecule has 0 aliphatic carbocycles. The molecule has 19 heavy (non-hydrogen) atoms. The van der Waals surface area contributed by atoms with E-state index in [4.69, 9.17) is 0 Å². The van der Waals surface area contributed by atoms with E-state index in [1.54, 1.807) is 0 Å². The van der Waals surface area contributed by atoms with Crippen molar-refractivity contribution in [1.29, 1.82) is 0 Å². The molecule has 0 aromatic rings. The number of nitrogens with zero attached hydrogens (tertiary/aromatic N) is 2. The molecule has 2 atom stereocenters. The minimum Gasteiger partial charge on any atom is -0.326 e. The largest absolute Gasteiger partial charge is 0.326 e. The van der Waals surface area contributed by atoms with Crippen LogP contribution in [0.25, 0.3) is 0 Å². The van der Waals surface area contributed by atoms with Crippen LogP contribution in [0.5, 0.6) is 0 Å². The lowest BCUT2D eigenvalue weighted by molar-refractivity contribution is -0.130. The van der Waals surface area contributed by atoms with Crippen LogP contribution in [0.3, 0.4) is 0 Å². The molecule has 0 aromatic heterocycles. The molecule has 0 radical (unpaired) electrons. The number of carbonyl (C=O) groups excluding carboxylic acids is 1. The Bertz CT molecular complexity index is 300. The van der Waals surface area contributed by atoms with Crippen LogP contribution in [0.2, 0.25) is 0 Å². The van der Waals surface area contributed by atoms with Gasteiger partial charge in [-0.15, -0.1) is 0 Å². The molecule has 2 unspecified atom stereocenters. The van der Waals surface area contributed by atoms with Gasteiger partial charge >= 0.3 is 0 Å². The molecular weight excluding hydrogens is 238 g/mol. The minimum absolute atomic E-state index is 0.00837. The SMILES string of the molecule is CCCC1NC(C)C(=O)N1CCC1CCN(C)CC1. The fraction of sp³-hybridized carbons (Fsp3) is 0.933. The van der Waals surface area contributed by atoms with Crippen molar-refractivity contribution >= 4 is 5.91 Å². The fourth-order valence-electron chi connectivity index (χ4n) is 3.30. The van der Waals surface area contributed by atoms with Gasteiger partial charge in [0.15, 0.2) is 0 Å². The van der Waals surface area contributed by atoms with Gasteiger partial charge in [-0.25, -0.2) is 0 Å². The lowest BCUT2D eigenvalue weighted by atomic mass is 9.93. The average molecular weight is 267 g/mol. The van der Waals surface area contributed by atoms with Gasteiger partial charge in [0.25, 0.3) is 0 Å². The summed E-state index contributed by atoms with van der Waals surface area (Å²) in [5.41, 5.74) is 0.